The van der Waals surface area contributed by atoms with E-state index >= 15 is 0 Å². The first-order valence-corrected chi connectivity index (χ1v) is 10.8. The Labute approximate surface area is 159 Å². The van der Waals surface area contributed by atoms with Crippen LogP contribution in [0.5, 0.6) is 0 Å². The topological polar surface area (TPSA) is 75.4 Å². The summed E-state index contributed by atoms with van der Waals surface area (Å²) >= 11 is 0. The summed E-state index contributed by atoms with van der Waals surface area (Å²) in [6.07, 6.45) is 3.46. The average molecular weight is 396 g/mol. The molecular formula is C19H26FN3O3S. The van der Waals surface area contributed by atoms with Gasteiger partial charge in [0.25, 0.3) is 0 Å². The fourth-order valence-electron chi connectivity index (χ4n) is 3.44. The van der Waals surface area contributed by atoms with Gasteiger partial charge in [-0.15, -0.1) is 0 Å². The summed E-state index contributed by atoms with van der Waals surface area (Å²) in [5.74, 6) is -0.376. The zero-order valence-electron chi connectivity index (χ0n) is 15.7. The minimum Gasteiger partial charge on any atom is -0.395 e. The summed E-state index contributed by atoms with van der Waals surface area (Å²) in [7, 11) is -3.61. The average Bonchev–Trinajstić information content (AvgIpc) is 3.24. The number of sulfone groups is 1. The number of benzene rings is 1. The van der Waals surface area contributed by atoms with E-state index < -0.39 is 15.1 Å². The summed E-state index contributed by atoms with van der Waals surface area (Å²) < 4.78 is 41.3. The van der Waals surface area contributed by atoms with Crippen LogP contribution in [0.1, 0.15) is 37.9 Å². The molecule has 1 saturated heterocycles. The maximum atomic E-state index is 14.2. The molecule has 6 nitrogen and oxygen atoms in total. The molecule has 3 rings (SSSR count). The first-order valence-electron chi connectivity index (χ1n) is 9.21. The van der Waals surface area contributed by atoms with E-state index in [0.29, 0.717) is 17.8 Å². The van der Waals surface area contributed by atoms with Gasteiger partial charge in [0.1, 0.15) is 5.82 Å². The van der Waals surface area contributed by atoms with E-state index in [-0.39, 0.29) is 30.2 Å². The number of imidazole rings is 1. The van der Waals surface area contributed by atoms with Crippen LogP contribution in [0.4, 0.5) is 4.39 Å². The fourth-order valence-corrected chi connectivity index (χ4v) is 4.55. The Morgan fingerprint density at radius 3 is 2.70 bits per heavy atom. The third-order valence-electron chi connectivity index (χ3n) is 5.14. The van der Waals surface area contributed by atoms with Crippen molar-refractivity contribution < 1.29 is 17.9 Å². The van der Waals surface area contributed by atoms with Crippen LogP contribution in [0.2, 0.25) is 0 Å². The standard InChI is InChI=1S/C19H26FN3O3S/c1-14(2)27(25,26)19-21-10-17(12-22-9-5-7-16(22)13-24)23(19)11-15-6-3-4-8-18(15)20/h3-4,6,8,10,14,16,24H,5,7,9,11-13H2,1-2H3/t16-/m0/s1. The highest BCUT2D eigenvalue weighted by Gasteiger charge is 2.29. The summed E-state index contributed by atoms with van der Waals surface area (Å²) in [4.78, 5) is 6.32. The van der Waals surface area contributed by atoms with Crippen molar-refractivity contribution in [1.82, 2.24) is 14.5 Å². The molecule has 8 heteroatoms. The molecule has 2 heterocycles. The smallest absolute Gasteiger partial charge is 0.228 e. The number of nitrogens with zero attached hydrogens (tertiary/aromatic N) is 3. The van der Waals surface area contributed by atoms with E-state index in [9.17, 15) is 17.9 Å². The zero-order chi connectivity index (χ0) is 19.6. The van der Waals surface area contributed by atoms with Gasteiger partial charge in [0.15, 0.2) is 0 Å². The van der Waals surface area contributed by atoms with Crippen molar-refractivity contribution in [2.24, 2.45) is 0 Å². The normalized spacial score (nSPS) is 18.5. The number of hydrogen-bond donors (Lipinski definition) is 1. The van der Waals surface area contributed by atoms with E-state index in [1.165, 1.54) is 6.07 Å². The monoisotopic (exact) mass is 395 g/mol. The highest BCUT2D eigenvalue weighted by atomic mass is 32.2. The highest BCUT2D eigenvalue weighted by molar-refractivity contribution is 7.91. The molecule has 1 aromatic heterocycles. The summed E-state index contributed by atoms with van der Waals surface area (Å²) in [6, 6.07) is 6.41. The van der Waals surface area contributed by atoms with Crippen molar-refractivity contribution >= 4 is 9.84 Å². The van der Waals surface area contributed by atoms with Crippen LogP contribution in [0.15, 0.2) is 35.6 Å². The molecule has 0 spiro atoms. The van der Waals surface area contributed by atoms with Gasteiger partial charge in [-0.2, -0.15) is 0 Å². The van der Waals surface area contributed by atoms with Gasteiger partial charge in [0, 0.05) is 18.2 Å². The van der Waals surface area contributed by atoms with Crippen LogP contribution in [0.25, 0.3) is 0 Å². The van der Waals surface area contributed by atoms with Crippen LogP contribution < -0.4 is 0 Å². The van der Waals surface area contributed by atoms with Gasteiger partial charge < -0.3 is 9.67 Å². The number of hydrogen-bond acceptors (Lipinski definition) is 5. The van der Waals surface area contributed by atoms with E-state index in [2.05, 4.69) is 9.88 Å². The third kappa shape index (κ3) is 4.07. The van der Waals surface area contributed by atoms with Crippen molar-refractivity contribution in [2.45, 2.75) is 56.2 Å². The zero-order valence-corrected chi connectivity index (χ0v) is 16.5. The minimum atomic E-state index is -3.61. The van der Waals surface area contributed by atoms with Crippen molar-refractivity contribution in [3.8, 4) is 0 Å². The largest absolute Gasteiger partial charge is 0.395 e. The Morgan fingerprint density at radius 2 is 2.04 bits per heavy atom. The molecule has 27 heavy (non-hydrogen) atoms. The lowest BCUT2D eigenvalue weighted by atomic mass is 10.2. The van der Waals surface area contributed by atoms with E-state index in [1.54, 1.807) is 42.8 Å². The van der Waals surface area contributed by atoms with E-state index in [0.717, 1.165) is 19.4 Å². The first-order chi connectivity index (χ1) is 12.8. The molecule has 0 bridgehead atoms. The van der Waals surface area contributed by atoms with Gasteiger partial charge in [0.05, 0.1) is 30.3 Å². The lowest BCUT2D eigenvalue weighted by Gasteiger charge is -2.23. The maximum absolute atomic E-state index is 14.2. The van der Waals surface area contributed by atoms with E-state index in [4.69, 9.17) is 0 Å². The van der Waals surface area contributed by atoms with Gasteiger partial charge in [-0.1, -0.05) is 18.2 Å². The molecule has 2 aromatic rings. The molecule has 0 unspecified atom stereocenters. The third-order valence-corrected chi connectivity index (χ3v) is 7.21. The van der Waals surface area contributed by atoms with Crippen LogP contribution in [-0.2, 0) is 22.9 Å². The Morgan fingerprint density at radius 1 is 1.30 bits per heavy atom. The van der Waals surface area contributed by atoms with Crippen molar-refractivity contribution in [3.05, 3.63) is 47.5 Å². The molecule has 1 aromatic carbocycles. The molecule has 0 saturated carbocycles. The predicted molar refractivity (Wildman–Crippen MR) is 101 cm³/mol. The maximum Gasteiger partial charge on any atom is 0.228 e. The Bertz CT molecular complexity index is 895. The predicted octanol–water partition coefficient (Wildman–Crippen LogP) is 2.21. The van der Waals surface area contributed by atoms with Crippen molar-refractivity contribution in [3.63, 3.8) is 0 Å². The quantitative estimate of drug-likeness (QED) is 0.778. The van der Waals surface area contributed by atoms with Gasteiger partial charge in [-0.05, 0) is 39.3 Å². The number of aliphatic hydroxyl groups is 1. The molecule has 1 aliphatic rings. The molecule has 0 amide bonds. The van der Waals surface area contributed by atoms with Gasteiger partial charge in [-0.3, -0.25) is 4.90 Å². The lowest BCUT2D eigenvalue weighted by molar-refractivity contribution is 0.151. The van der Waals surface area contributed by atoms with Crippen LogP contribution in [-0.4, -0.2) is 52.4 Å². The van der Waals surface area contributed by atoms with E-state index in [1.807, 2.05) is 0 Å². The van der Waals surface area contributed by atoms with Gasteiger partial charge in [0.2, 0.25) is 15.0 Å². The highest BCUT2D eigenvalue weighted by Crippen LogP contribution is 2.24. The summed E-state index contributed by atoms with van der Waals surface area (Å²) in [6.45, 7) is 4.70. The summed E-state index contributed by atoms with van der Waals surface area (Å²) in [5, 5.41) is 8.90. The van der Waals surface area contributed by atoms with Crippen molar-refractivity contribution in [1.29, 1.82) is 0 Å². The molecule has 1 atom stereocenters. The molecule has 148 valence electrons. The Balaban J connectivity index is 2.01. The second-order valence-electron chi connectivity index (χ2n) is 7.25. The second kappa shape index (κ2) is 8.08. The number of aliphatic hydroxyl groups excluding tert-OH is 1. The fraction of sp³-hybridized carbons (Fsp3) is 0.526. The lowest BCUT2D eigenvalue weighted by Crippen LogP contribution is -2.32. The molecule has 1 fully saturated rings. The number of aromatic nitrogens is 2. The first kappa shape index (κ1) is 20.0. The minimum absolute atomic E-state index is 0.0319. The van der Waals surface area contributed by atoms with Crippen molar-refractivity contribution in [2.75, 3.05) is 13.2 Å². The van der Waals surface area contributed by atoms with Gasteiger partial charge >= 0.3 is 0 Å². The second-order valence-corrected chi connectivity index (χ2v) is 9.65. The van der Waals surface area contributed by atoms with Crippen LogP contribution >= 0.6 is 0 Å². The number of halogens is 1. The molecule has 0 aliphatic carbocycles. The number of rotatable bonds is 7. The summed E-state index contributed by atoms with van der Waals surface area (Å²) in [5.41, 5.74) is 1.12. The Hall–Kier alpha value is -1.77. The molecule has 1 N–H and O–H groups in total. The molecule has 1 aliphatic heterocycles. The van der Waals surface area contributed by atoms with Gasteiger partial charge in [-0.25, -0.2) is 17.8 Å². The Kier molecular flexibility index (Phi) is 5.98. The SMILES string of the molecule is CC(C)S(=O)(=O)c1ncc(CN2CCC[C@H]2CO)n1Cc1ccccc1F. The van der Waals surface area contributed by atoms with Crippen LogP contribution in [0.3, 0.4) is 0 Å². The molecule has 0 radical (unpaired) electrons. The van der Waals surface area contributed by atoms with Crippen LogP contribution in [0, 0.1) is 5.82 Å². The number of likely N-dealkylation sites (tertiary alicyclic amines) is 1. The molecular weight excluding hydrogens is 369 g/mol.